The molecule has 67 heavy (non-hydrogen) atoms. The van der Waals surface area contributed by atoms with E-state index in [0.717, 1.165) is 12.1 Å². The predicted molar refractivity (Wildman–Crippen MR) is 223 cm³/mol. The minimum absolute atomic E-state index is 0.0290. The number of ether oxygens (including phenoxy) is 10. The van der Waals surface area contributed by atoms with Gasteiger partial charge < -0.3 is 109 Å². The lowest BCUT2D eigenvalue weighted by molar-refractivity contribution is -0.325. The Kier molecular flexibility index (Phi) is 15.3. The minimum atomic E-state index is -1.96. The van der Waals surface area contributed by atoms with Crippen LogP contribution in [0.25, 0.3) is 12.2 Å². The van der Waals surface area contributed by atoms with Crippen molar-refractivity contribution in [1.82, 2.24) is 0 Å². The molecule has 3 saturated heterocycles. The van der Waals surface area contributed by atoms with Gasteiger partial charge in [0.15, 0.2) is 29.7 Å². The van der Waals surface area contributed by atoms with Gasteiger partial charge in [-0.15, -0.1) is 0 Å². The molecular formula is C44H53O23+. The summed E-state index contributed by atoms with van der Waals surface area (Å²) in [6.45, 7) is 0.0367. The van der Waals surface area contributed by atoms with Crippen LogP contribution >= 0.6 is 0 Å². The van der Waals surface area contributed by atoms with Crippen LogP contribution in [0.1, 0.15) is 29.7 Å². The number of hydrogen-bond donors (Lipinski definition) is 12. The van der Waals surface area contributed by atoms with E-state index < -0.39 is 123 Å². The number of hydrogen-bond acceptors (Lipinski definition) is 22. The highest BCUT2D eigenvalue weighted by Crippen LogP contribution is 2.49. The molecule has 4 heterocycles. The largest absolute Gasteiger partial charge is 0.571 e. The third-order valence-electron chi connectivity index (χ3n) is 11.5. The summed E-state index contributed by atoms with van der Waals surface area (Å²) in [5, 5.41) is 127. The number of aliphatic hydroxyl groups excluding tert-OH is 9. The number of rotatable bonds is 14. The van der Waals surface area contributed by atoms with Crippen molar-refractivity contribution in [3.05, 3.63) is 77.1 Å². The van der Waals surface area contributed by atoms with Gasteiger partial charge in [-0.1, -0.05) is 12.1 Å². The van der Waals surface area contributed by atoms with E-state index in [-0.39, 0.29) is 51.4 Å². The molecule has 3 fully saturated rings. The Morgan fingerprint density at radius 3 is 1.91 bits per heavy atom. The first-order chi connectivity index (χ1) is 31.9. The van der Waals surface area contributed by atoms with Crippen LogP contribution in [0.2, 0.25) is 0 Å². The van der Waals surface area contributed by atoms with E-state index in [2.05, 4.69) is 0 Å². The molecule has 4 aliphatic rings. The molecule has 4 aliphatic heterocycles. The van der Waals surface area contributed by atoms with Gasteiger partial charge in [0.2, 0.25) is 18.3 Å². The van der Waals surface area contributed by atoms with Gasteiger partial charge in [-0.3, -0.25) is 0 Å². The van der Waals surface area contributed by atoms with Crippen molar-refractivity contribution in [2.45, 2.75) is 105 Å². The van der Waals surface area contributed by atoms with Gasteiger partial charge in [0.1, 0.15) is 83.9 Å². The second-order valence-corrected chi connectivity index (χ2v) is 16.0. The van der Waals surface area contributed by atoms with Crippen LogP contribution in [0, 0.1) is 0 Å². The molecule has 0 bridgehead atoms. The minimum Gasteiger partial charge on any atom is -0.571 e. The first-order valence-corrected chi connectivity index (χ1v) is 20.8. The summed E-state index contributed by atoms with van der Waals surface area (Å²) in [6.07, 6.45) is -22.5. The van der Waals surface area contributed by atoms with Gasteiger partial charge >= 0.3 is 5.97 Å². The van der Waals surface area contributed by atoms with E-state index in [9.17, 15) is 66.1 Å². The smallest absolute Gasteiger partial charge is 0.331 e. The lowest BCUT2D eigenvalue weighted by Gasteiger charge is -2.43. The number of fused-ring (bicyclic) bond motifs is 1. The van der Waals surface area contributed by atoms with Crippen molar-refractivity contribution < 1.29 is 113 Å². The Hall–Kier alpha value is -5.51. The molecule has 366 valence electrons. The predicted octanol–water partition coefficient (Wildman–Crippen LogP) is -1.73. The molecular weight excluding hydrogens is 896 g/mol. The topological polar surface area (TPSA) is 356 Å². The summed E-state index contributed by atoms with van der Waals surface area (Å²) in [5.41, 5.74) is 0.860. The van der Waals surface area contributed by atoms with E-state index in [1.807, 2.05) is 0 Å². The molecule has 7 rings (SSSR count). The summed E-state index contributed by atoms with van der Waals surface area (Å²) in [4.78, 5) is 12.6. The highest BCUT2D eigenvalue weighted by molar-refractivity contribution is 5.87. The first-order valence-electron chi connectivity index (χ1n) is 20.8. The van der Waals surface area contributed by atoms with Crippen molar-refractivity contribution in [3.63, 3.8) is 0 Å². The third kappa shape index (κ3) is 10.5. The zero-order chi connectivity index (χ0) is 48.4. The van der Waals surface area contributed by atoms with E-state index in [4.69, 9.17) is 47.4 Å². The number of aliphatic hydroxyl groups is 10. The van der Waals surface area contributed by atoms with Crippen LogP contribution in [-0.4, -0.2) is 192 Å². The van der Waals surface area contributed by atoms with Gasteiger partial charge in [0.05, 0.1) is 45.2 Å². The van der Waals surface area contributed by atoms with Crippen molar-refractivity contribution in [2.24, 2.45) is 0 Å². The highest BCUT2D eigenvalue weighted by atomic mass is 16.7. The SMILES string of the molecule is COc1cc(C2[OH+]c3cc(O)cc(OC4OC(CO)C(O)C(O)C4O)c3C=C2OC2OC(COC3OC(C)C(OC(=O)C=Cc4ccc(O)cc4)C(O)C3O)C(O)C(O)C2O)cc(OC)c1O. The summed E-state index contributed by atoms with van der Waals surface area (Å²) < 4.78 is 55.9. The van der Waals surface area contributed by atoms with Crippen LogP contribution in [0.3, 0.4) is 0 Å². The number of carbonyl (C=O) groups excluding carboxylic acids is 1. The monoisotopic (exact) mass is 949 g/mol. The quantitative estimate of drug-likeness (QED) is 0.0485. The van der Waals surface area contributed by atoms with E-state index in [1.165, 1.54) is 63.6 Å². The molecule has 0 saturated carbocycles. The molecule has 16 unspecified atom stereocenters. The summed E-state index contributed by atoms with van der Waals surface area (Å²) in [7, 11) is 2.57. The number of phenols is 3. The number of esters is 1. The molecule has 23 heteroatoms. The molecule has 16 atom stereocenters. The van der Waals surface area contributed by atoms with Crippen molar-refractivity contribution >= 4 is 18.1 Å². The zero-order valence-corrected chi connectivity index (χ0v) is 35.9. The number of phenolic OH excluding ortho intramolecular Hbond substituents is 3. The normalized spacial score (nSPS) is 34.1. The van der Waals surface area contributed by atoms with Gasteiger partial charge in [0.25, 0.3) is 11.9 Å². The molecule has 0 aliphatic carbocycles. The molecule has 0 spiro atoms. The van der Waals surface area contributed by atoms with Gasteiger partial charge in [-0.25, -0.2) is 4.79 Å². The van der Waals surface area contributed by atoms with E-state index in [1.54, 1.807) is 12.1 Å². The summed E-state index contributed by atoms with van der Waals surface area (Å²) in [6, 6.07) is 11.1. The summed E-state index contributed by atoms with van der Waals surface area (Å²) >= 11 is 0. The average molecular weight is 950 g/mol. The molecule has 0 amide bonds. The Morgan fingerprint density at radius 2 is 1.28 bits per heavy atom. The fourth-order valence-electron chi connectivity index (χ4n) is 7.77. The van der Waals surface area contributed by atoms with Crippen LogP contribution in [0.4, 0.5) is 0 Å². The molecule has 0 radical (unpaired) electrons. The Labute approximate surface area is 380 Å². The summed E-state index contributed by atoms with van der Waals surface area (Å²) in [5.74, 6) is -2.06. The van der Waals surface area contributed by atoms with E-state index >= 15 is 0 Å². The lowest BCUT2D eigenvalue weighted by atomic mass is 9.97. The average Bonchev–Trinajstić information content (AvgIpc) is 3.31. The fourth-order valence-corrected chi connectivity index (χ4v) is 7.77. The number of carbonyl (C=O) groups is 1. The second-order valence-electron chi connectivity index (χ2n) is 16.0. The van der Waals surface area contributed by atoms with Gasteiger partial charge in [-0.2, -0.15) is 0 Å². The van der Waals surface area contributed by atoms with Gasteiger partial charge in [-0.05, 0) is 42.8 Å². The second kappa shape index (κ2) is 20.8. The standard InChI is InChI=1S/C44H52O23/c1-17-40(67-30(48)9-6-18-4-7-20(46)8-5-18)36(54)39(57)42(61-17)60-16-29-33(51)35(53)38(56)44(66-29)64-27-14-22-23(62-41(27)19-10-25(58-2)31(49)26(11-19)59-3)12-21(47)13-24(22)63-43-37(55)34(52)32(50)28(15-45)65-43/h4-14,17,28-29,32-47,49-57H,15-16H2,1-3H3/p+1. The van der Waals surface area contributed by atoms with Crippen LogP contribution < -0.4 is 14.2 Å². The molecule has 3 aromatic carbocycles. The van der Waals surface area contributed by atoms with Crippen LogP contribution in [0.5, 0.6) is 40.2 Å². The lowest BCUT2D eigenvalue weighted by Crippen LogP contribution is -2.61. The maximum atomic E-state index is 12.6. The maximum Gasteiger partial charge on any atom is 0.331 e. The first kappa shape index (κ1) is 49.4. The van der Waals surface area contributed by atoms with E-state index in [0.29, 0.717) is 5.56 Å². The highest BCUT2D eigenvalue weighted by Gasteiger charge is 2.50. The van der Waals surface area contributed by atoms with Crippen molar-refractivity contribution in [1.29, 1.82) is 0 Å². The fraction of sp³-hybridized carbons (Fsp3) is 0.477. The maximum absolute atomic E-state index is 12.6. The molecule has 13 N–H and O–H groups in total. The number of methoxy groups -OCH3 is 2. The van der Waals surface area contributed by atoms with Crippen molar-refractivity contribution in [2.75, 3.05) is 27.4 Å². The van der Waals surface area contributed by atoms with Crippen LogP contribution in [0.15, 0.2) is 60.4 Å². The number of benzene rings is 3. The Balaban J connectivity index is 1.12. The molecule has 23 nitrogen and oxygen atoms in total. The third-order valence-corrected chi connectivity index (χ3v) is 11.5. The van der Waals surface area contributed by atoms with Crippen LogP contribution in [-0.2, 0) is 33.2 Å². The number of aromatic hydroxyl groups is 4. The Bertz CT molecular complexity index is 2230. The zero-order valence-electron chi connectivity index (χ0n) is 35.9. The van der Waals surface area contributed by atoms with Gasteiger partial charge in [0, 0.05) is 18.2 Å². The Morgan fingerprint density at radius 1 is 0.687 bits per heavy atom. The molecule has 3 aromatic rings. The molecule has 0 aromatic heterocycles. The van der Waals surface area contributed by atoms with Crippen molar-refractivity contribution in [3.8, 4) is 40.2 Å².